The second kappa shape index (κ2) is 8.60. The minimum Gasteiger partial charge on any atom is -0.468 e. The van der Waals surface area contributed by atoms with Gasteiger partial charge in [0.15, 0.2) is 6.79 Å². The van der Waals surface area contributed by atoms with Gasteiger partial charge in [-0.3, -0.25) is 5.32 Å². The Kier molecular flexibility index (Phi) is 6.98. The Morgan fingerprint density at radius 1 is 1.33 bits per heavy atom. The maximum atomic E-state index is 11.3. The fourth-order valence-electron chi connectivity index (χ4n) is 1.13. The Morgan fingerprint density at radius 3 is 2.67 bits per heavy atom. The number of nitrogens with one attached hydrogen (secondary N) is 1. The largest absolute Gasteiger partial charge is 0.468 e. The van der Waals surface area contributed by atoms with E-state index in [1.54, 1.807) is 31.4 Å². The first-order valence-corrected chi connectivity index (χ1v) is 6.01. The van der Waals surface area contributed by atoms with Gasteiger partial charge in [-0.2, -0.15) is 0 Å². The lowest BCUT2D eigenvalue weighted by Gasteiger charge is -2.08. The van der Waals surface area contributed by atoms with Gasteiger partial charge in [0.2, 0.25) is 0 Å². The first kappa shape index (κ1) is 14.6. The van der Waals surface area contributed by atoms with Gasteiger partial charge >= 0.3 is 6.09 Å². The SMILES string of the molecule is COCOc1ccc(NC(=O)OCCCCl)cc1. The summed E-state index contributed by atoms with van der Waals surface area (Å²) < 4.78 is 14.9. The molecule has 6 heteroatoms. The lowest BCUT2D eigenvalue weighted by Crippen LogP contribution is -2.14. The Bertz CT molecular complexity index is 356. The average molecular weight is 274 g/mol. The Labute approximate surface area is 111 Å². The van der Waals surface area contributed by atoms with Crippen LogP contribution in [0.3, 0.4) is 0 Å². The van der Waals surface area contributed by atoms with Crippen LogP contribution in [0, 0.1) is 0 Å². The Balaban J connectivity index is 2.35. The first-order valence-electron chi connectivity index (χ1n) is 5.48. The second-order valence-corrected chi connectivity index (χ2v) is 3.76. The molecular formula is C12H16ClNO4. The molecule has 0 heterocycles. The van der Waals surface area contributed by atoms with Gasteiger partial charge in [-0.25, -0.2) is 4.79 Å². The highest BCUT2D eigenvalue weighted by Gasteiger charge is 2.02. The van der Waals surface area contributed by atoms with Crippen molar-refractivity contribution in [2.45, 2.75) is 6.42 Å². The van der Waals surface area contributed by atoms with E-state index in [-0.39, 0.29) is 6.79 Å². The van der Waals surface area contributed by atoms with Crippen molar-refractivity contribution >= 4 is 23.4 Å². The predicted octanol–water partition coefficient (Wildman–Crippen LogP) is 2.85. The summed E-state index contributed by atoms with van der Waals surface area (Å²) in [6.07, 6.45) is 0.143. The number of carbonyl (C=O) groups excluding carboxylic acids is 1. The smallest absolute Gasteiger partial charge is 0.411 e. The average Bonchev–Trinajstić information content (AvgIpc) is 2.38. The zero-order valence-electron chi connectivity index (χ0n) is 10.1. The van der Waals surface area contributed by atoms with Gasteiger partial charge < -0.3 is 14.2 Å². The minimum absolute atomic E-state index is 0.188. The number of hydrogen-bond acceptors (Lipinski definition) is 4. The summed E-state index contributed by atoms with van der Waals surface area (Å²) in [5, 5.41) is 2.59. The van der Waals surface area contributed by atoms with E-state index >= 15 is 0 Å². The molecule has 1 rings (SSSR count). The van der Waals surface area contributed by atoms with Crippen molar-refractivity contribution < 1.29 is 19.0 Å². The van der Waals surface area contributed by atoms with E-state index in [9.17, 15) is 4.79 Å². The monoisotopic (exact) mass is 273 g/mol. The Hall–Kier alpha value is -1.46. The number of ether oxygens (including phenoxy) is 3. The van der Waals surface area contributed by atoms with Crippen molar-refractivity contribution in [3.63, 3.8) is 0 Å². The topological polar surface area (TPSA) is 56.8 Å². The molecule has 0 atom stereocenters. The molecule has 1 aromatic carbocycles. The lowest BCUT2D eigenvalue weighted by atomic mass is 10.3. The van der Waals surface area contributed by atoms with Crippen LogP contribution in [0.4, 0.5) is 10.5 Å². The van der Waals surface area contributed by atoms with Crippen LogP contribution in [0.2, 0.25) is 0 Å². The van der Waals surface area contributed by atoms with Crippen molar-refractivity contribution in [1.82, 2.24) is 0 Å². The Morgan fingerprint density at radius 2 is 2.06 bits per heavy atom. The molecule has 0 unspecified atom stereocenters. The first-order chi connectivity index (χ1) is 8.76. The summed E-state index contributed by atoms with van der Waals surface area (Å²) in [7, 11) is 1.55. The number of anilines is 1. The number of methoxy groups -OCH3 is 1. The van der Waals surface area contributed by atoms with E-state index < -0.39 is 6.09 Å². The molecule has 0 aliphatic carbocycles. The molecule has 1 amide bonds. The molecule has 0 saturated heterocycles. The van der Waals surface area contributed by atoms with Crippen molar-refractivity contribution in [3.8, 4) is 5.75 Å². The van der Waals surface area contributed by atoms with Crippen LogP contribution in [0.25, 0.3) is 0 Å². The molecule has 0 saturated carbocycles. The van der Waals surface area contributed by atoms with Gasteiger partial charge in [0.25, 0.3) is 0 Å². The van der Waals surface area contributed by atoms with Crippen molar-refractivity contribution in [3.05, 3.63) is 24.3 Å². The van der Waals surface area contributed by atoms with E-state index in [4.69, 9.17) is 25.8 Å². The maximum absolute atomic E-state index is 11.3. The molecule has 18 heavy (non-hydrogen) atoms. The fraction of sp³-hybridized carbons (Fsp3) is 0.417. The highest BCUT2D eigenvalue weighted by atomic mass is 35.5. The fourth-order valence-corrected chi connectivity index (χ4v) is 1.24. The highest BCUT2D eigenvalue weighted by molar-refractivity contribution is 6.17. The van der Waals surface area contributed by atoms with Gasteiger partial charge in [-0.05, 0) is 30.7 Å². The number of benzene rings is 1. The molecule has 0 spiro atoms. The van der Waals surface area contributed by atoms with Gasteiger partial charge in [-0.1, -0.05) is 0 Å². The van der Waals surface area contributed by atoms with Gasteiger partial charge in [0, 0.05) is 18.7 Å². The molecule has 1 N–H and O–H groups in total. The van der Waals surface area contributed by atoms with Gasteiger partial charge in [0.05, 0.1) is 6.61 Å². The van der Waals surface area contributed by atoms with E-state index in [0.717, 1.165) is 0 Å². The number of amides is 1. The molecule has 0 aliphatic heterocycles. The molecule has 0 fully saturated rings. The maximum Gasteiger partial charge on any atom is 0.411 e. The van der Waals surface area contributed by atoms with E-state index in [0.29, 0.717) is 30.3 Å². The molecule has 1 aromatic rings. The molecule has 0 radical (unpaired) electrons. The van der Waals surface area contributed by atoms with Crippen LogP contribution in [0.5, 0.6) is 5.75 Å². The van der Waals surface area contributed by atoms with Crippen molar-refractivity contribution in [2.75, 3.05) is 31.7 Å². The summed E-state index contributed by atoms with van der Waals surface area (Å²) in [5.41, 5.74) is 0.635. The van der Waals surface area contributed by atoms with Crippen LogP contribution in [0.1, 0.15) is 6.42 Å². The van der Waals surface area contributed by atoms with Crippen molar-refractivity contribution in [2.24, 2.45) is 0 Å². The minimum atomic E-state index is -0.495. The van der Waals surface area contributed by atoms with E-state index in [1.807, 2.05) is 0 Å². The standard InChI is InChI=1S/C12H16ClNO4/c1-16-9-18-11-5-3-10(4-6-11)14-12(15)17-8-2-7-13/h3-6H,2,7-9H2,1H3,(H,14,15). The number of carbonyl (C=O) groups is 1. The predicted molar refractivity (Wildman–Crippen MR) is 69.3 cm³/mol. The molecule has 100 valence electrons. The molecule has 0 aromatic heterocycles. The number of alkyl halides is 1. The van der Waals surface area contributed by atoms with Crippen LogP contribution in [-0.2, 0) is 9.47 Å². The second-order valence-electron chi connectivity index (χ2n) is 3.38. The van der Waals surface area contributed by atoms with Crippen LogP contribution < -0.4 is 10.1 Å². The van der Waals surface area contributed by atoms with Gasteiger partial charge in [0.1, 0.15) is 5.75 Å². The normalized spacial score (nSPS) is 9.89. The van der Waals surface area contributed by atoms with Crippen LogP contribution >= 0.6 is 11.6 Å². The summed E-state index contributed by atoms with van der Waals surface area (Å²) in [4.78, 5) is 11.3. The molecule has 0 bridgehead atoms. The quantitative estimate of drug-likeness (QED) is 0.471. The summed E-state index contributed by atoms with van der Waals surface area (Å²) in [5.74, 6) is 1.14. The van der Waals surface area contributed by atoms with E-state index in [1.165, 1.54) is 0 Å². The zero-order chi connectivity index (χ0) is 13.2. The molecule has 5 nitrogen and oxygen atoms in total. The third kappa shape index (κ3) is 5.75. The van der Waals surface area contributed by atoms with Gasteiger partial charge in [-0.15, -0.1) is 11.6 Å². The van der Waals surface area contributed by atoms with E-state index in [2.05, 4.69) is 5.32 Å². The summed E-state index contributed by atoms with van der Waals surface area (Å²) in [6.45, 7) is 0.498. The highest BCUT2D eigenvalue weighted by Crippen LogP contribution is 2.15. The summed E-state index contributed by atoms with van der Waals surface area (Å²) in [6, 6.07) is 6.89. The summed E-state index contributed by atoms with van der Waals surface area (Å²) >= 11 is 5.47. The number of rotatable bonds is 7. The molecule has 0 aliphatic rings. The number of halogens is 1. The zero-order valence-corrected chi connectivity index (χ0v) is 10.9. The number of hydrogen-bond donors (Lipinski definition) is 1. The van der Waals surface area contributed by atoms with Crippen LogP contribution in [0.15, 0.2) is 24.3 Å². The lowest BCUT2D eigenvalue weighted by molar-refractivity contribution is 0.0511. The third-order valence-electron chi connectivity index (χ3n) is 1.96. The van der Waals surface area contributed by atoms with Crippen molar-refractivity contribution in [1.29, 1.82) is 0 Å². The van der Waals surface area contributed by atoms with Crippen LogP contribution in [-0.4, -0.2) is 32.5 Å². The molecular weight excluding hydrogens is 258 g/mol. The third-order valence-corrected chi connectivity index (χ3v) is 2.22.